The van der Waals surface area contributed by atoms with E-state index in [2.05, 4.69) is 15.3 Å². The van der Waals surface area contributed by atoms with Gasteiger partial charge in [-0.15, -0.1) is 0 Å². The fourth-order valence-corrected chi connectivity index (χ4v) is 2.42. The summed E-state index contributed by atoms with van der Waals surface area (Å²) in [7, 11) is 0. The number of hydrogen-bond donors (Lipinski definition) is 1. The molecule has 7 nitrogen and oxygen atoms in total. The Morgan fingerprint density at radius 3 is 2.55 bits per heavy atom. The number of amides is 1. The average Bonchev–Trinajstić information content (AvgIpc) is 2.80. The standard InChI is InChI=1S/C15H15N5O2/c1-2-19-11-5-3-4-6-12(11)20(15(19)22)9-14(21)18-13-7-8-16-10-17-13/h3-8,10H,2,9H2,1H3,(H,16,17,18,21). The van der Waals surface area contributed by atoms with Gasteiger partial charge in [-0.1, -0.05) is 12.1 Å². The molecule has 0 atom stereocenters. The van der Waals surface area contributed by atoms with E-state index in [0.29, 0.717) is 12.4 Å². The van der Waals surface area contributed by atoms with Gasteiger partial charge in [-0.3, -0.25) is 13.9 Å². The molecular weight excluding hydrogens is 282 g/mol. The summed E-state index contributed by atoms with van der Waals surface area (Å²) in [6.45, 7) is 2.40. The molecule has 22 heavy (non-hydrogen) atoms. The number of nitrogens with zero attached hydrogens (tertiary/aromatic N) is 4. The lowest BCUT2D eigenvalue weighted by atomic mass is 10.3. The summed E-state index contributed by atoms with van der Waals surface area (Å²) >= 11 is 0. The molecule has 3 aromatic rings. The number of benzene rings is 1. The number of hydrogen-bond acceptors (Lipinski definition) is 4. The van der Waals surface area contributed by atoms with Crippen LogP contribution in [0, 0.1) is 0 Å². The quantitative estimate of drug-likeness (QED) is 0.786. The van der Waals surface area contributed by atoms with Gasteiger partial charge in [0.15, 0.2) is 0 Å². The van der Waals surface area contributed by atoms with Crippen molar-refractivity contribution in [3.8, 4) is 0 Å². The molecule has 0 aliphatic carbocycles. The van der Waals surface area contributed by atoms with E-state index in [1.165, 1.54) is 17.1 Å². The van der Waals surface area contributed by atoms with Crippen molar-refractivity contribution in [1.82, 2.24) is 19.1 Å². The second-order valence-corrected chi connectivity index (χ2v) is 4.74. The molecule has 0 aliphatic heterocycles. The Kier molecular flexibility index (Phi) is 3.69. The van der Waals surface area contributed by atoms with Crippen molar-refractivity contribution in [3.05, 3.63) is 53.3 Å². The van der Waals surface area contributed by atoms with Crippen molar-refractivity contribution in [2.45, 2.75) is 20.0 Å². The van der Waals surface area contributed by atoms with Crippen LogP contribution in [0.15, 0.2) is 47.7 Å². The molecule has 0 radical (unpaired) electrons. The molecule has 7 heteroatoms. The summed E-state index contributed by atoms with van der Waals surface area (Å²) in [6, 6.07) is 9.02. The maximum atomic E-state index is 12.4. The van der Waals surface area contributed by atoms with Crippen LogP contribution in [0.5, 0.6) is 0 Å². The summed E-state index contributed by atoms with van der Waals surface area (Å²) < 4.78 is 3.11. The molecule has 1 N–H and O–H groups in total. The molecule has 0 saturated heterocycles. The van der Waals surface area contributed by atoms with Crippen LogP contribution in [0.25, 0.3) is 11.0 Å². The molecule has 112 valence electrons. The van der Waals surface area contributed by atoms with Gasteiger partial charge < -0.3 is 5.32 Å². The maximum absolute atomic E-state index is 12.4. The minimum Gasteiger partial charge on any atom is -0.309 e. The average molecular weight is 297 g/mol. The van der Waals surface area contributed by atoms with E-state index in [-0.39, 0.29) is 18.1 Å². The topological polar surface area (TPSA) is 81.8 Å². The lowest BCUT2D eigenvalue weighted by Gasteiger charge is -2.05. The summed E-state index contributed by atoms with van der Waals surface area (Å²) in [6.07, 6.45) is 2.89. The largest absolute Gasteiger partial charge is 0.329 e. The molecule has 0 aliphatic rings. The van der Waals surface area contributed by atoms with Gasteiger partial charge in [0.25, 0.3) is 0 Å². The van der Waals surface area contributed by atoms with Gasteiger partial charge in [0.2, 0.25) is 5.91 Å². The van der Waals surface area contributed by atoms with Gasteiger partial charge in [0, 0.05) is 12.7 Å². The van der Waals surface area contributed by atoms with Crippen molar-refractivity contribution in [1.29, 1.82) is 0 Å². The number of carbonyl (C=O) groups is 1. The Balaban J connectivity index is 1.92. The van der Waals surface area contributed by atoms with Gasteiger partial charge in [0.05, 0.1) is 11.0 Å². The third kappa shape index (κ3) is 2.48. The highest BCUT2D eigenvalue weighted by Gasteiger charge is 2.14. The predicted octanol–water partition coefficient (Wildman–Crippen LogP) is 1.25. The molecule has 3 rings (SSSR count). The summed E-state index contributed by atoms with van der Waals surface area (Å²) in [5, 5.41) is 2.65. The van der Waals surface area contributed by atoms with Gasteiger partial charge in [0.1, 0.15) is 18.7 Å². The summed E-state index contributed by atoms with van der Waals surface area (Å²) in [4.78, 5) is 32.3. The third-order valence-corrected chi connectivity index (χ3v) is 3.39. The van der Waals surface area contributed by atoms with Crippen LogP contribution in [0.4, 0.5) is 5.82 Å². The van der Waals surface area contributed by atoms with Gasteiger partial charge in [-0.2, -0.15) is 0 Å². The van der Waals surface area contributed by atoms with E-state index in [1.54, 1.807) is 10.6 Å². The number of imidazole rings is 1. The zero-order chi connectivity index (χ0) is 15.5. The van der Waals surface area contributed by atoms with Gasteiger partial charge in [-0.25, -0.2) is 14.8 Å². The van der Waals surface area contributed by atoms with Crippen LogP contribution in [0.3, 0.4) is 0 Å². The number of para-hydroxylation sites is 2. The van der Waals surface area contributed by atoms with Crippen LogP contribution < -0.4 is 11.0 Å². The first-order chi connectivity index (χ1) is 10.7. The SMILES string of the molecule is CCn1c(=O)n(CC(=O)Nc2ccncn2)c2ccccc21. The number of aromatic nitrogens is 4. The molecule has 2 aromatic heterocycles. The number of aryl methyl sites for hydroxylation is 1. The highest BCUT2D eigenvalue weighted by atomic mass is 16.2. The Hall–Kier alpha value is -2.96. The number of fused-ring (bicyclic) bond motifs is 1. The normalized spacial score (nSPS) is 10.8. The Morgan fingerprint density at radius 2 is 1.91 bits per heavy atom. The fourth-order valence-electron chi connectivity index (χ4n) is 2.42. The molecule has 2 heterocycles. The fraction of sp³-hybridized carbons (Fsp3) is 0.200. The number of anilines is 1. The lowest BCUT2D eigenvalue weighted by molar-refractivity contribution is -0.116. The minimum absolute atomic E-state index is 0.0592. The highest BCUT2D eigenvalue weighted by molar-refractivity contribution is 5.90. The number of rotatable bonds is 4. The van der Waals surface area contributed by atoms with E-state index >= 15 is 0 Å². The van der Waals surface area contributed by atoms with E-state index in [4.69, 9.17) is 0 Å². The minimum atomic E-state index is -0.306. The third-order valence-electron chi connectivity index (χ3n) is 3.39. The van der Waals surface area contributed by atoms with Crippen LogP contribution >= 0.6 is 0 Å². The van der Waals surface area contributed by atoms with E-state index in [9.17, 15) is 9.59 Å². The van der Waals surface area contributed by atoms with Crippen molar-refractivity contribution in [2.75, 3.05) is 5.32 Å². The number of nitrogens with one attached hydrogen (secondary N) is 1. The second kappa shape index (κ2) is 5.80. The van der Waals surface area contributed by atoms with Crippen LogP contribution in [0.2, 0.25) is 0 Å². The zero-order valence-corrected chi connectivity index (χ0v) is 12.1. The van der Waals surface area contributed by atoms with E-state index in [1.807, 2.05) is 31.2 Å². The highest BCUT2D eigenvalue weighted by Crippen LogP contribution is 2.12. The monoisotopic (exact) mass is 297 g/mol. The second-order valence-electron chi connectivity index (χ2n) is 4.74. The van der Waals surface area contributed by atoms with Crippen molar-refractivity contribution < 1.29 is 4.79 Å². The molecule has 1 amide bonds. The summed E-state index contributed by atoms with van der Waals surface area (Å²) in [5.41, 5.74) is 1.37. The lowest BCUT2D eigenvalue weighted by Crippen LogP contribution is -2.29. The first kappa shape index (κ1) is 14.0. The van der Waals surface area contributed by atoms with Crippen LogP contribution in [-0.4, -0.2) is 25.0 Å². The van der Waals surface area contributed by atoms with Crippen molar-refractivity contribution in [3.63, 3.8) is 0 Å². The number of carbonyl (C=O) groups excluding carboxylic acids is 1. The molecular formula is C15H15N5O2. The Bertz CT molecular complexity index is 867. The predicted molar refractivity (Wildman–Crippen MR) is 82.5 cm³/mol. The van der Waals surface area contributed by atoms with Crippen molar-refractivity contribution in [2.24, 2.45) is 0 Å². The molecule has 1 aromatic carbocycles. The zero-order valence-electron chi connectivity index (χ0n) is 12.1. The van der Waals surface area contributed by atoms with Crippen LogP contribution in [0.1, 0.15) is 6.92 Å². The van der Waals surface area contributed by atoms with E-state index < -0.39 is 0 Å². The Morgan fingerprint density at radius 1 is 1.18 bits per heavy atom. The molecule has 0 saturated carbocycles. The van der Waals surface area contributed by atoms with Gasteiger partial charge in [-0.05, 0) is 25.1 Å². The first-order valence-electron chi connectivity index (χ1n) is 6.94. The summed E-state index contributed by atoms with van der Waals surface area (Å²) in [5.74, 6) is 0.104. The van der Waals surface area contributed by atoms with Crippen LogP contribution in [-0.2, 0) is 17.9 Å². The molecule has 0 unspecified atom stereocenters. The molecule has 0 fully saturated rings. The first-order valence-corrected chi connectivity index (χ1v) is 6.94. The molecule has 0 spiro atoms. The van der Waals surface area contributed by atoms with Gasteiger partial charge >= 0.3 is 5.69 Å². The van der Waals surface area contributed by atoms with Crippen molar-refractivity contribution >= 4 is 22.8 Å². The molecule has 0 bridgehead atoms. The maximum Gasteiger partial charge on any atom is 0.329 e. The Labute approximate surface area is 126 Å². The van der Waals surface area contributed by atoms with E-state index in [0.717, 1.165) is 11.0 Å². The smallest absolute Gasteiger partial charge is 0.309 e.